The van der Waals surface area contributed by atoms with E-state index in [4.69, 9.17) is 16.3 Å². The van der Waals surface area contributed by atoms with Gasteiger partial charge in [-0.3, -0.25) is 0 Å². The van der Waals surface area contributed by atoms with E-state index in [2.05, 4.69) is 14.9 Å². The van der Waals surface area contributed by atoms with Crippen LogP contribution in [0.2, 0.25) is 5.15 Å². The summed E-state index contributed by atoms with van der Waals surface area (Å²) in [6.45, 7) is 11.3. The zero-order chi connectivity index (χ0) is 16.5. The van der Waals surface area contributed by atoms with Crippen LogP contribution in [0.15, 0.2) is 6.20 Å². The molecular formula is C15H23ClN4O2. The van der Waals surface area contributed by atoms with Crippen LogP contribution < -0.4 is 4.90 Å². The van der Waals surface area contributed by atoms with Gasteiger partial charge in [-0.25, -0.2) is 14.8 Å². The third-order valence-electron chi connectivity index (χ3n) is 3.44. The summed E-state index contributed by atoms with van der Waals surface area (Å²) < 4.78 is 5.45. The van der Waals surface area contributed by atoms with Gasteiger partial charge in [0.25, 0.3) is 0 Å². The molecule has 1 fully saturated rings. The van der Waals surface area contributed by atoms with Gasteiger partial charge in [0, 0.05) is 25.7 Å². The fourth-order valence-electron chi connectivity index (χ4n) is 2.42. The summed E-state index contributed by atoms with van der Waals surface area (Å²) in [7, 11) is 0. The standard InChI is InChI=1S/C15H23ClN4O2/c1-10-9-19(12-8-17-11(2)18-13(12)16)6-7-20(10)14(21)22-15(3,4)5/h8,10H,6-7,9H2,1-5H3/t10-/m1/s1. The summed E-state index contributed by atoms with van der Waals surface area (Å²) >= 11 is 6.20. The summed E-state index contributed by atoms with van der Waals surface area (Å²) in [4.78, 5) is 24.5. The van der Waals surface area contributed by atoms with Gasteiger partial charge in [-0.15, -0.1) is 0 Å². The van der Waals surface area contributed by atoms with Crippen LogP contribution >= 0.6 is 11.6 Å². The molecule has 1 atom stereocenters. The molecule has 1 saturated heterocycles. The molecule has 122 valence electrons. The predicted molar refractivity (Wildman–Crippen MR) is 86.4 cm³/mol. The molecule has 2 rings (SSSR count). The molecule has 22 heavy (non-hydrogen) atoms. The minimum Gasteiger partial charge on any atom is -0.444 e. The number of piperazine rings is 1. The maximum Gasteiger partial charge on any atom is 0.410 e. The number of halogens is 1. The number of hydrogen-bond acceptors (Lipinski definition) is 5. The predicted octanol–water partition coefficient (Wildman–Crippen LogP) is 2.88. The number of aromatic nitrogens is 2. The summed E-state index contributed by atoms with van der Waals surface area (Å²) in [6, 6.07) is 0.0287. The molecular weight excluding hydrogens is 304 g/mol. The Balaban J connectivity index is 2.05. The first-order valence-corrected chi connectivity index (χ1v) is 7.79. The summed E-state index contributed by atoms with van der Waals surface area (Å²) in [6.07, 6.45) is 1.46. The lowest BCUT2D eigenvalue weighted by atomic mass is 10.2. The van der Waals surface area contributed by atoms with Crippen LogP contribution in [0.1, 0.15) is 33.5 Å². The van der Waals surface area contributed by atoms with Crippen molar-refractivity contribution in [3.63, 3.8) is 0 Å². The number of ether oxygens (including phenoxy) is 1. The quantitative estimate of drug-likeness (QED) is 0.743. The van der Waals surface area contributed by atoms with Crippen LogP contribution in [-0.4, -0.2) is 52.2 Å². The molecule has 1 amide bonds. The van der Waals surface area contributed by atoms with Gasteiger partial charge in [0.05, 0.1) is 11.9 Å². The van der Waals surface area contributed by atoms with E-state index in [1.807, 2.05) is 27.7 Å². The Kier molecular flexibility index (Phi) is 4.80. The average Bonchev–Trinajstić information content (AvgIpc) is 2.36. The van der Waals surface area contributed by atoms with Crippen LogP contribution in [-0.2, 0) is 4.74 Å². The van der Waals surface area contributed by atoms with Crippen molar-refractivity contribution in [3.05, 3.63) is 17.2 Å². The number of nitrogens with zero attached hydrogens (tertiary/aromatic N) is 4. The highest BCUT2D eigenvalue weighted by Gasteiger charge is 2.31. The second-order valence-corrected chi connectivity index (χ2v) is 6.92. The van der Waals surface area contributed by atoms with Crippen molar-refractivity contribution in [1.29, 1.82) is 0 Å². The minimum atomic E-state index is -0.484. The van der Waals surface area contributed by atoms with E-state index in [9.17, 15) is 4.79 Å². The first kappa shape index (κ1) is 16.8. The molecule has 1 aliphatic heterocycles. The third kappa shape index (κ3) is 4.00. The van der Waals surface area contributed by atoms with Crippen molar-refractivity contribution < 1.29 is 9.53 Å². The Bertz CT molecular complexity index is 559. The first-order chi connectivity index (χ1) is 10.2. The van der Waals surface area contributed by atoms with Crippen molar-refractivity contribution in [2.24, 2.45) is 0 Å². The van der Waals surface area contributed by atoms with Gasteiger partial charge < -0.3 is 14.5 Å². The summed E-state index contributed by atoms with van der Waals surface area (Å²) in [5.74, 6) is 0.647. The zero-order valence-electron chi connectivity index (χ0n) is 13.8. The van der Waals surface area contributed by atoms with Crippen LogP contribution in [0.5, 0.6) is 0 Å². The molecule has 6 nitrogen and oxygen atoms in total. The topological polar surface area (TPSA) is 58.6 Å². The molecule has 0 saturated carbocycles. The second-order valence-electron chi connectivity index (χ2n) is 6.56. The molecule has 0 unspecified atom stereocenters. The lowest BCUT2D eigenvalue weighted by Crippen LogP contribution is -2.55. The van der Waals surface area contributed by atoms with E-state index < -0.39 is 5.60 Å². The van der Waals surface area contributed by atoms with Crippen molar-refractivity contribution in [1.82, 2.24) is 14.9 Å². The van der Waals surface area contributed by atoms with Crippen molar-refractivity contribution in [2.45, 2.75) is 46.3 Å². The normalized spacial score (nSPS) is 19.3. The Morgan fingerprint density at radius 3 is 2.64 bits per heavy atom. The molecule has 1 aromatic rings. The van der Waals surface area contributed by atoms with Crippen molar-refractivity contribution in [3.8, 4) is 0 Å². The highest BCUT2D eigenvalue weighted by Crippen LogP contribution is 2.26. The molecule has 0 radical (unpaired) electrons. The molecule has 1 aromatic heterocycles. The Morgan fingerprint density at radius 1 is 1.41 bits per heavy atom. The molecule has 0 N–H and O–H groups in total. The SMILES string of the molecule is Cc1ncc(N2CCN(C(=O)OC(C)(C)C)[C@H](C)C2)c(Cl)n1. The largest absolute Gasteiger partial charge is 0.444 e. The van der Waals surface area contributed by atoms with Gasteiger partial charge in [-0.1, -0.05) is 11.6 Å². The van der Waals surface area contributed by atoms with Gasteiger partial charge in [0.1, 0.15) is 11.4 Å². The lowest BCUT2D eigenvalue weighted by Gasteiger charge is -2.41. The molecule has 2 heterocycles. The van der Waals surface area contributed by atoms with Gasteiger partial charge in [0.2, 0.25) is 0 Å². The smallest absolute Gasteiger partial charge is 0.410 e. The highest BCUT2D eigenvalue weighted by molar-refractivity contribution is 6.32. The molecule has 0 bridgehead atoms. The number of carbonyl (C=O) groups excluding carboxylic acids is 1. The fraction of sp³-hybridized carbons (Fsp3) is 0.667. The highest BCUT2D eigenvalue weighted by atomic mass is 35.5. The fourth-order valence-corrected chi connectivity index (χ4v) is 2.71. The van der Waals surface area contributed by atoms with E-state index in [0.717, 1.165) is 5.69 Å². The maximum absolute atomic E-state index is 12.2. The van der Waals surface area contributed by atoms with E-state index >= 15 is 0 Å². The summed E-state index contributed by atoms with van der Waals surface area (Å²) in [5, 5.41) is 0.449. The molecule has 0 aliphatic carbocycles. The summed E-state index contributed by atoms with van der Waals surface area (Å²) in [5.41, 5.74) is 0.324. The van der Waals surface area contributed by atoms with Crippen LogP contribution in [0.3, 0.4) is 0 Å². The van der Waals surface area contributed by atoms with Gasteiger partial charge in [-0.2, -0.15) is 0 Å². The van der Waals surface area contributed by atoms with E-state index in [0.29, 0.717) is 30.6 Å². The number of hydrogen-bond donors (Lipinski definition) is 0. The Labute approximate surface area is 136 Å². The number of anilines is 1. The van der Waals surface area contributed by atoms with E-state index in [1.54, 1.807) is 18.0 Å². The van der Waals surface area contributed by atoms with Crippen LogP contribution in [0, 0.1) is 6.92 Å². The van der Waals surface area contributed by atoms with Crippen molar-refractivity contribution in [2.75, 3.05) is 24.5 Å². The van der Waals surface area contributed by atoms with E-state index in [1.165, 1.54) is 0 Å². The number of carbonyl (C=O) groups is 1. The second kappa shape index (κ2) is 6.28. The number of amides is 1. The molecule has 0 aromatic carbocycles. The minimum absolute atomic E-state index is 0.0287. The Hall–Kier alpha value is -1.56. The van der Waals surface area contributed by atoms with Crippen LogP contribution in [0.4, 0.5) is 10.5 Å². The lowest BCUT2D eigenvalue weighted by molar-refractivity contribution is 0.0159. The van der Waals surface area contributed by atoms with Crippen molar-refractivity contribution >= 4 is 23.4 Å². The average molecular weight is 327 g/mol. The molecule has 0 spiro atoms. The van der Waals surface area contributed by atoms with Gasteiger partial charge in [0.15, 0.2) is 5.15 Å². The van der Waals surface area contributed by atoms with E-state index in [-0.39, 0.29) is 12.1 Å². The van der Waals surface area contributed by atoms with Crippen LogP contribution in [0.25, 0.3) is 0 Å². The molecule has 7 heteroatoms. The van der Waals surface area contributed by atoms with Gasteiger partial charge in [-0.05, 0) is 34.6 Å². The molecule has 1 aliphatic rings. The first-order valence-electron chi connectivity index (χ1n) is 7.41. The maximum atomic E-state index is 12.2. The number of aryl methyl sites for hydroxylation is 1. The monoisotopic (exact) mass is 326 g/mol. The third-order valence-corrected chi connectivity index (χ3v) is 3.72. The van der Waals surface area contributed by atoms with Gasteiger partial charge >= 0.3 is 6.09 Å². The zero-order valence-corrected chi connectivity index (χ0v) is 14.5. The Morgan fingerprint density at radius 2 is 2.09 bits per heavy atom. The number of rotatable bonds is 1.